The predicted octanol–water partition coefficient (Wildman–Crippen LogP) is 2.73. The second-order valence-corrected chi connectivity index (χ2v) is 5.06. The molecule has 0 spiro atoms. The number of aliphatic hydroxyl groups excluding tert-OH is 1. The van der Waals surface area contributed by atoms with Crippen molar-refractivity contribution in [1.29, 1.82) is 0 Å². The first-order valence-electron chi connectivity index (χ1n) is 5.35. The molecule has 2 heteroatoms. The maximum atomic E-state index is 9.37. The van der Waals surface area contributed by atoms with Crippen LogP contribution in [0.2, 0.25) is 0 Å². The van der Waals surface area contributed by atoms with Gasteiger partial charge in [0.05, 0.1) is 6.10 Å². The van der Waals surface area contributed by atoms with Gasteiger partial charge in [0.1, 0.15) is 5.75 Å². The minimum absolute atomic E-state index is 0.0575. The molecule has 0 saturated carbocycles. The molecule has 0 aliphatic rings. The third-order valence-corrected chi connectivity index (χ3v) is 2.44. The molecule has 2 nitrogen and oxygen atoms in total. The predicted molar refractivity (Wildman–Crippen MR) is 61.9 cm³/mol. The third-order valence-electron chi connectivity index (χ3n) is 2.44. The van der Waals surface area contributed by atoms with Crippen molar-refractivity contribution in [3.05, 3.63) is 29.8 Å². The molecule has 0 aliphatic heterocycles. The second-order valence-electron chi connectivity index (χ2n) is 5.06. The highest BCUT2D eigenvalue weighted by molar-refractivity contribution is 5.27. The first-order valence-corrected chi connectivity index (χ1v) is 5.35. The summed E-state index contributed by atoms with van der Waals surface area (Å²) in [5.74, 6) is 0.306. The molecule has 0 saturated heterocycles. The summed E-state index contributed by atoms with van der Waals surface area (Å²) in [6.45, 7) is 6.07. The average Bonchev–Trinajstić information content (AvgIpc) is 1.99. The smallest absolute Gasteiger partial charge is 0.115 e. The maximum Gasteiger partial charge on any atom is 0.115 e. The van der Waals surface area contributed by atoms with Crippen LogP contribution >= 0.6 is 0 Å². The standard InChI is InChI=1S/C13H20O2/c1-10(14)8-13(2,3)9-11-5-4-6-12(15)7-11/h4-7,10,14-15H,8-9H2,1-3H3. The van der Waals surface area contributed by atoms with Crippen molar-refractivity contribution in [3.63, 3.8) is 0 Å². The summed E-state index contributed by atoms with van der Waals surface area (Å²) in [5.41, 5.74) is 1.17. The van der Waals surface area contributed by atoms with E-state index < -0.39 is 0 Å². The largest absolute Gasteiger partial charge is 0.508 e. The fourth-order valence-electron chi connectivity index (χ4n) is 2.09. The second kappa shape index (κ2) is 4.67. The van der Waals surface area contributed by atoms with Crippen LogP contribution in [-0.2, 0) is 6.42 Å². The monoisotopic (exact) mass is 208 g/mol. The van der Waals surface area contributed by atoms with Gasteiger partial charge in [-0.05, 0) is 42.9 Å². The lowest BCUT2D eigenvalue weighted by Crippen LogP contribution is -2.21. The van der Waals surface area contributed by atoms with Gasteiger partial charge in [0, 0.05) is 0 Å². The molecule has 2 N–H and O–H groups in total. The zero-order chi connectivity index (χ0) is 11.5. The summed E-state index contributed by atoms with van der Waals surface area (Å²) in [6.07, 6.45) is 1.35. The van der Waals surface area contributed by atoms with Crippen LogP contribution in [0.15, 0.2) is 24.3 Å². The lowest BCUT2D eigenvalue weighted by molar-refractivity contribution is 0.129. The molecule has 0 bridgehead atoms. The molecule has 1 aromatic carbocycles. The summed E-state index contributed by atoms with van der Waals surface area (Å²) in [7, 11) is 0. The average molecular weight is 208 g/mol. The van der Waals surface area contributed by atoms with Crippen molar-refractivity contribution < 1.29 is 10.2 Å². The molecule has 0 aliphatic carbocycles. The van der Waals surface area contributed by atoms with Gasteiger partial charge >= 0.3 is 0 Å². The molecule has 1 unspecified atom stereocenters. The third kappa shape index (κ3) is 4.34. The zero-order valence-corrected chi connectivity index (χ0v) is 9.70. The molecule has 0 radical (unpaired) electrons. The van der Waals surface area contributed by atoms with Gasteiger partial charge in [0.25, 0.3) is 0 Å². The van der Waals surface area contributed by atoms with Crippen LogP contribution in [-0.4, -0.2) is 16.3 Å². The van der Waals surface area contributed by atoms with Crippen LogP contribution in [0.5, 0.6) is 5.75 Å². The Morgan fingerprint density at radius 3 is 2.53 bits per heavy atom. The Balaban J connectivity index is 2.68. The summed E-state index contributed by atoms with van der Waals surface area (Å²) in [5, 5.41) is 18.7. The number of phenols is 1. The van der Waals surface area contributed by atoms with Crippen molar-refractivity contribution in [2.45, 2.75) is 39.7 Å². The summed E-state index contributed by atoms with van der Waals surface area (Å²) in [4.78, 5) is 0. The lowest BCUT2D eigenvalue weighted by atomic mass is 9.81. The topological polar surface area (TPSA) is 40.5 Å². The lowest BCUT2D eigenvalue weighted by Gasteiger charge is -2.26. The van der Waals surface area contributed by atoms with Crippen molar-refractivity contribution in [3.8, 4) is 5.75 Å². The highest BCUT2D eigenvalue weighted by atomic mass is 16.3. The van der Waals surface area contributed by atoms with Crippen LogP contribution < -0.4 is 0 Å². The number of rotatable bonds is 4. The Labute approximate surface area is 91.6 Å². The fourth-order valence-corrected chi connectivity index (χ4v) is 2.09. The molecule has 1 atom stereocenters. The van der Waals surface area contributed by atoms with Gasteiger partial charge in [0.2, 0.25) is 0 Å². The molecular formula is C13H20O2. The highest BCUT2D eigenvalue weighted by Crippen LogP contribution is 2.28. The molecule has 0 fully saturated rings. The summed E-state index contributed by atoms with van der Waals surface area (Å²) in [6, 6.07) is 7.31. The van der Waals surface area contributed by atoms with E-state index in [0.29, 0.717) is 5.75 Å². The Morgan fingerprint density at radius 2 is 2.00 bits per heavy atom. The normalized spacial score (nSPS) is 13.9. The number of hydrogen-bond acceptors (Lipinski definition) is 2. The van der Waals surface area contributed by atoms with Gasteiger partial charge in [-0.15, -0.1) is 0 Å². The number of hydrogen-bond donors (Lipinski definition) is 2. The Morgan fingerprint density at radius 1 is 1.33 bits per heavy atom. The highest BCUT2D eigenvalue weighted by Gasteiger charge is 2.20. The molecule has 1 rings (SSSR count). The minimum Gasteiger partial charge on any atom is -0.508 e. The van der Waals surface area contributed by atoms with Gasteiger partial charge in [-0.1, -0.05) is 26.0 Å². The fraction of sp³-hybridized carbons (Fsp3) is 0.538. The Kier molecular flexibility index (Phi) is 3.75. The Bertz CT molecular complexity index is 316. The van der Waals surface area contributed by atoms with Gasteiger partial charge in [-0.2, -0.15) is 0 Å². The van der Waals surface area contributed by atoms with E-state index in [1.54, 1.807) is 12.1 Å². The first kappa shape index (κ1) is 12.1. The van der Waals surface area contributed by atoms with Gasteiger partial charge in [0.15, 0.2) is 0 Å². The van der Waals surface area contributed by atoms with E-state index in [9.17, 15) is 10.2 Å². The number of phenolic OH excluding ortho intramolecular Hbond substituents is 1. The van der Waals surface area contributed by atoms with Crippen molar-refractivity contribution in [1.82, 2.24) is 0 Å². The van der Waals surface area contributed by atoms with Crippen molar-refractivity contribution in [2.75, 3.05) is 0 Å². The summed E-state index contributed by atoms with van der Waals surface area (Å²) < 4.78 is 0. The van der Waals surface area contributed by atoms with Gasteiger partial charge in [-0.3, -0.25) is 0 Å². The SMILES string of the molecule is CC(O)CC(C)(C)Cc1cccc(O)c1. The summed E-state index contributed by atoms with van der Waals surface area (Å²) >= 11 is 0. The van der Waals surface area contributed by atoms with Crippen LogP contribution in [0.1, 0.15) is 32.8 Å². The first-order chi connectivity index (χ1) is 6.89. The number of aliphatic hydroxyl groups is 1. The maximum absolute atomic E-state index is 9.37. The van der Waals surface area contributed by atoms with Crippen molar-refractivity contribution in [2.24, 2.45) is 5.41 Å². The molecule has 1 aromatic rings. The van der Waals surface area contributed by atoms with Crippen LogP contribution in [0.3, 0.4) is 0 Å². The number of benzene rings is 1. The molecule has 0 heterocycles. The van der Waals surface area contributed by atoms with E-state index >= 15 is 0 Å². The molecular weight excluding hydrogens is 188 g/mol. The van der Waals surface area contributed by atoms with E-state index in [4.69, 9.17) is 0 Å². The Hall–Kier alpha value is -1.02. The molecule has 84 valence electrons. The van der Waals surface area contributed by atoms with Crippen molar-refractivity contribution >= 4 is 0 Å². The molecule has 15 heavy (non-hydrogen) atoms. The van der Waals surface area contributed by atoms with E-state index in [1.165, 1.54) is 0 Å². The van der Waals surface area contributed by atoms with E-state index in [2.05, 4.69) is 13.8 Å². The molecule has 0 amide bonds. The minimum atomic E-state index is -0.280. The zero-order valence-electron chi connectivity index (χ0n) is 9.70. The van der Waals surface area contributed by atoms with Gasteiger partial charge < -0.3 is 10.2 Å². The van der Waals surface area contributed by atoms with Crippen LogP contribution in [0, 0.1) is 5.41 Å². The van der Waals surface area contributed by atoms with Crippen LogP contribution in [0.25, 0.3) is 0 Å². The van der Waals surface area contributed by atoms with Crippen LogP contribution in [0.4, 0.5) is 0 Å². The van der Waals surface area contributed by atoms with E-state index in [0.717, 1.165) is 18.4 Å². The van der Waals surface area contributed by atoms with E-state index in [-0.39, 0.29) is 11.5 Å². The quantitative estimate of drug-likeness (QED) is 0.798. The van der Waals surface area contributed by atoms with Gasteiger partial charge in [-0.25, -0.2) is 0 Å². The van der Waals surface area contributed by atoms with E-state index in [1.807, 2.05) is 19.1 Å². The number of aromatic hydroxyl groups is 1. The molecule has 0 aromatic heterocycles.